The molecule has 1 saturated carbocycles. The van der Waals surface area contributed by atoms with E-state index in [9.17, 15) is 0 Å². The number of hydrogen-bond acceptors (Lipinski definition) is 6. The minimum atomic E-state index is 0.366. The predicted octanol–water partition coefficient (Wildman–Crippen LogP) is 1.11. The highest BCUT2D eigenvalue weighted by Gasteiger charge is 2.29. The van der Waals surface area contributed by atoms with Gasteiger partial charge in [-0.05, 0) is 28.8 Å². The predicted molar refractivity (Wildman–Crippen MR) is 65.0 cm³/mol. The molecule has 1 fully saturated rings. The van der Waals surface area contributed by atoms with Gasteiger partial charge in [0.05, 0.1) is 10.6 Å². The van der Waals surface area contributed by atoms with E-state index < -0.39 is 0 Å². The minimum Gasteiger partial charge on any atom is -0.381 e. The van der Waals surface area contributed by atoms with E-state index in [0.29, 0.717) is 18.1 Å². The number of nitrogens with one attached hydrogen (secondary N) is 2. The molecular formula is C9H14BrN5O. The molecule has 1 heterocycles. The van der Waals surface area contributed by atoms with Crippen LogP contribution in [-0.4, -0.2) is 29.2 Å². The summed E-state index contributed by atoms with van der Waals surface area (Å²) in [6.45, 7) is 0. The fourth-order valence-corrected chi connectivity index (χ4v) is 1.91. The number of hydrogen-bond donors (Lipinski definition) is 3. The Bertz CT molecular complexity index is 369. The van der Waals surface area contributed by atoms with E-state index in [-0.39, 0.29) is 0 Å². The highest BCUT2D eigenvalue weighted by atomic mass is 79.9. The van der Waals surface area contributed by atoms with Crippen LogP contribution in [0.15, 0.2) is 10.7 Å². The molecule has 6 nitrogen and oxygen atoms in total. The summed E-state index contributed by atoms with van der Waals surface area (Å²) in [4.78, 5) is 8.20. The van der Waals surface area contributed by atoms with Gasteiger partial charge in [0.1, 0.15) is 5.82 Å². The largest absolute Gasteiger partial charge is 0.381 e. The van der Waals surface area contributed by atoms with Crippen LogP contribution in [0.2, 0.25) is 0 Å². The topological polar surface area (TPSA) is 85.1 Å². The van der Waals surface area contributed by atoms with E-state index in [1.165, 1.54) is 0 Å². The van der Waals surface area contributed by atoms with Gasteiger partial charge >= 0.3 is 0 Å². The Kier molecular flexibility index (Phi) is 3.57. The molecular weight excluding hydrogens is 274 g/mol. The fraction of sp³-hybridized carbons (Fsp3) is 0.556. The molecule has 1 aliphatic carbocycles. The van der Waals surface area contributed by atoms with Gasteiger partial charge in [-0.3, -0.25) is 5.43 Å². The van der Waals surface area contributed by atoms with Crippen LogP contribution in [0.5, 0.6) is 0 Å². The van der Waals surface area contributed by atoms with Gasteiger partial charge in [0.2, 0.25) is 5.95 Å². The molecule has 0 unspecified atom stereocenters. The van der Waals surface area contributed by atoms with Crippen LogP contribution in [0.25, 0.3) is 0 Å². The van der Waals surface area contributed by atoms with Crippen LogP contribution in [0.3, 0.4) is 0 Å². The third kappa shape index (κ3) is 2.42. The minimum absolute atomic E-state index is 0.366. The maximum absolute atomic E-state index is 5.25. The SMILES string of the molecule is COC1CC(Nc2nc(NN)ncc2Br)C1. The molecule has 2 rings (SSSR count). The molecule has 0 aliphatic heterocycles. The van der Waals surface area contributed by atoms with Crippen molar-refractivity contribution in [3.05, 3.63) is 10.7 Å². The molecule has 0 radical (unpaired) electrons. The Morgan fingerprint density at radius 3 is 2.94 bits per heavy atom. The van der Waals surface area contributed by atoms with Crippen molar-refractivity contribution >= 4 is 27.7 Å². The van der Waals surface area contributed by atoms with Gasteiger partial charge in [0.25, 0.3) is 0 Å². The lowest BCUT2D eigenvalue weighted by atomic mass is 9.89. The first-order valence-electron chi connectivity index (χ1n) is 5.01. The van der Waals surface area contributed by atoms with Crippen LogP contribution < -0.4 is 16.6 Å². The second-order valence-electron chi connectivity index (χ2n) is 3.70. The first-order chi connectivity index (χ1) is 7.72. The molecule has 88 valence electrons. The van der Waals surface area contributed by atoms with Crippen LogP contribution in [0.1, 0.15) is 12.8 Å². The van der Waals surface area contributed by atoms with Crippen LogP contribution >= 0.6 is 15.9 Å². The Balaban J connectivity index is 1.98. The fourth-order valence-electron chi connectivity index (χ4n) is 1.61. The summed E-state index contributed by atoms with van der Waals surface area (Å²) in [7, 11) is 1.73. The second-order valence-corrected chi connectivity index (χ2v) is 4.56. The zero-order valence-corrected chi connectivity index (χ0v) is 10.5. The number of nitrogens with two attached hydrogens (primary N) is 1. The van der Waals surface area contributed by atoms with Crippen LogP contribution in [-0.2, 0) is 4.74 Å². The van der Waals surface area contributed by atoms with Crippen molar-refractivity contribution in [2.24, 2.45) is 5.84 Å². The van der Waals surface area contributed by atoms with Crippen molar-refractivity contribution in [1.29, 1.82) is 0 Å². The number of nitrogens with zero attached hydrogens (tertiary/aromatic N) is 2. The number of methoxy groups -OCH3 is 1. The molecule has 16 heavy (non-hydrogen) atoms. The first kappa shape index (κ1) is 11.6. The summed E-state index contributed by atoms with van der Waals surface area (Å²) < 4.78 is 6.04. The standard InChI is InChI=1S/C9H14BrN5O/c1-16-6-2-5(3-6)13-8-7(10)4-12-9(14-8)15-11/h4-6H,2-3,11H2,1H3,(H2,12,13,14,15). The zero-order chi connectivity index (χ0) is 11.5. The maximum Gasteiger partial charge on any atom is 0.239 e. The lowest BCUT2D eigenvalue weighted by Gasteiger charge is -2.35. The third-order valence-electron chi connectivity index (χ3n) is 2.64. The summed E-state index contributed by atoms with van der Waals surface area (Å²) >= 11 is 3.39. The monoisotopic (exact) mass is 287 g/mol. The molecule has 1 aromatic heterocycles. The van der Waals surface area contributed by atoms with Crippen LogP contribution in [0, 0.1) is 0 Å². The summed E-state index contributed by atoms with van der Waals surface area (Å²) in [6.07, 6.45) is 4.03. The van der Waals surface area contributed by atoms with Crippen molar-refractivity contribution in [3.63, 3.8) is 0 Å². The van der Waals surface area contributed by atoms with Gasteiger partial charge in [0.15, 0.2) is 0 Å². The van der Waals surface area contributed by atoms with E-state index in [0.717, 1.165) is 23.1 Å². The van der Waals surface area contributed by atoms with Crippen LogP contribution in [0.4, 0.5) is 11.8 Å². The van der Waals surface area contributed by atoms with Crippen molar-refractivity contribution in [2.45, 2.75) is 25.0 Å². The zero-order valence-electron chi connectivity index (χ0n) is 8.90. The average Bonchev–Trinajstić information content (AvgIpc) is 2.25. The lowest BCUT2D eigenvalue weighted by Crippen LogP contribution is -2.40. The molecule has 0 spiro atoms. The highest BCUT2D eigenvalue weighted by Crippen LogP contribution is 2.28. The summed E-state index contributed by atoms with van der Waals surface area (Å²) in [5.41, 5.74) is 2.42. The number of aromatic nitrogens is 2. The van der Waals surface area contributed by atoms with Crippen molar-refractivity contribution in [3.8, 4) is 0 Å². The van der Waals surface area contributed by atoms with E-state index in [1.54, 1.807) is 13.3 Å². The molecule has 0 amide bonds. The normalized spacial score (nSPS) is 23.7. The van der Waals surface area contributed by atoms with E-state index in [2.05, 4.69) is 36.6 Å². The van der Waals surface area contributed by atoms with Gasteiger partial charge < -0.3 is 10.1 Å². The second kappa shape index (κ2) is 4.94. The molecule has 7 heteroatoms. The number of hydrazine groups is 1. The van der Waals surface area contributed by atoms with Gasteiger partial charge in [-0.25, -0.2) is 10.8 Å². The van der Waals surface area contributed by atoms with E-state index in [4.69, 9.17) is 10.6 Å². The van der Waals surface area contributed by atoms with Gasteiger partial charge in [-0.2, -0.15) is 4.98 Å². The summed E-state index contributed by atoms with van der Waals surface area (Å²) in [5, 5.41) is 3.31. The Hall–Kier alpha value is -0.920. The highest BCUT2D eigenvalue weighted by molar-refractivity contribution is 9.10. The number of rotatable bonds is 4. The number of nitrogen functional groups attached to an aromatic ring is 1. The average molecular weight is 288 g/mol. The van der Waals surface area contributed by atoms with Crippen molar-refractivity contribution in [2.75, 3.05) is 17.9 Å². The van der Waals surface area contributed by atoms with Crippen molar-refractivity contribution in [1.82, 2.24) is 9.97 Å². The van der Waals surface area contributed by atoms with E-state index >= 15 is 0 Å². The first-order valence-corrected chi connectivity index (χ1v) is 5.80. The Morgan fingerprint density at radius 1 is 1.56 bits per heavy atom. The summed E-state index contributed by atoms with van der Waals surface area (Å²) in [5.74, 6) is 6.40. The molecule has 0 aromatic carbocycles. The smallest absolute Gasteiger partial charge is 0.239 e. The van der Waals surface area contributed by atoms with Gasteiger partial charge in [0, 0.05) is 19.3 Å². The molecule has 1 aromatic rings. The Morgan fingerprint density at radius 2 is 2.31 bits per heavy atom. The molecule has 0 saturated heterocycles. The number of ether oxygens (including phenoxy) is 1. The number of anilines is 2. The number of halogens is 1. The molecule has 0 bridgehead atoms. The van der Waals surface area contributed by atoms with Gasteiger partial charge in [-0.15, -0.1) is 0 Å². The molecule has 4 N–H and O–H groups in total. The molecule has 0 atom stereocenters. The maximum atomic E-state index is 5.25. The van der Waals surface area contributed by atoms with E-state index in [1.807, 2.05) is 0 Å². The lowest BCUT2D eigenvalue weighted by molar-refractivity contribution is 0.0328. The third-order valence-corrected chi connectivity index (χ3v) is 3.22. The summed E-state index contributed by atoms with van der Waals surface area (Å²) in [6, 6.07) is 0.404. The quantitative estimate of drug-likeness (QED) is 0.568. The Labute approximate surface area is 102 Å². The van der Waals surface area contributed by atoms with Gasteiger partial charge in [-0.1, -0.05) is 0 Å². The van der Waals surface area contributed by atoms with Crippen molar-refractivity contribution < 1.29 is 4.74 Å². The molecule has 1 aliphatic rings.